The molecule has 0 saturated carbocycles. The third-order valence-electron chi connectivity index (χ3n) is 4.68. The number of benzene rings is 1. The normalized spacial score (nSPS) is 12.0. The number of hydrogen-bond donors (Lipinski definition) is 0. The molecule has 0 spiro atoms. The van der Waals surface area contributed by atoms with Crippen LogP contribution < -0.4 is 0 Å². The summed E-state index contributed by atoms with van der Waals surface area (Å²) in [6.07, 6.45) is -2.92. The molecule has 0 unspecified atom stereocenters. The average Bonchev–Trinajstić information content (AvgIpc) is 3.44. The van der Waals surface area contributed by atoms with E-state index < -0.39 is 11.9 Å². The predicted molar refractivity (Wildman–Crippen MR) is 104 cm³/mol. The highest BCUT2D eigenvalue weighted by Crippen LogP contribution is 2.33. The molecule has 0 aliphatic rings. The predicted octanol–water partition coefficient (Wildman–Crippen LogP) is 4.17. The van der Waals surface area contributed by atoms with E-state index in [9.17, 15) is 13.2 Å². The molecule has 0 amide bonds. The van der Waals surface area contributed by atoms with Crippen LogP contribution in [0, 0.1) is 6.92 Å². The van der Waals surface area contributed by atoms with Crippen molar-refractivity contribution in [1.82, 2.24) is 34.6 Å². The van der Waals surface area contributed by atoms with Gasteiger partial charge >= 0.3 is 6.18 Å². The number of rotatable bonds is 3. The smallest absolute Gasteiger partial charge is 0.414 e. The molecule has 156 valence electrons. The van der Waals surface area contributed by atoms with Gasteiger partial charge in [0.25, 0.3) is 11.8 Å². The zero-order valence-corrected chi connectivity index (χ0v) is 16.3. The Bertz CT molecular complexity index is 1400. The first-order valence-electron chi connectivity index (χ1n) is 9.17. The van der Waals surface area contributed by atoms with Crippen molar-refractivity contribution in [3.05, 3.63) is 60.0 Å². The summed E-state index contributed by atoms with van der Waals surface area (Å²) in [6, 6.07) is 11.0. The van der Waals surface area contributed by atoms with Gasteiger partial charge in [-0.05, 0) is 13.0 Å². The van der Waals surface area contributed by atoms with Gasteiger partial charge in [0.1, 0.15) is 0 Å². The summed E-state index contributed by atoms with van der Waals surface area (Å²) in [7, 11) is 1.75. The molecule has 0 fully saturated rings. The quantitative estimate of drug-likeness (QED) is 0.431. The number of hydrogen-bond acceptors (Lipinski definition) is 6. The Labute approximate surface area is 173 Å². The van der Waals surface area contributed by atoms with E-state index in [1.54, 1.807) is 55.2 Å². The van der Waals surface area contributed by atoms with Crippen LogP contribution in [0.25, 0.3) is 39.9 Å². The Balaban J connectivity index is 1.64. The van der Waals surface area contributed by atoms with Gasteiger partial charge in [-0.3, -0.25) is 4.68 Å². The van der Waals surface area contributed by atoms with Gasteiger partial charge in [-0.1, -0.05) is 30.3 Å². The van der Waals surface area contributed by atoms with Gasteiger partial charge in [0.15, 0.2) is 17.0 Å². The van der Waals surface area contributed by atoms with Crippen LogP contribution >= 0.6 is 0 Å². The van der Waals surface area contributed by atoms with Gasteiger partial charge < -0.3 is 4.42 Å². The molecular weight excluding hydrogens is 411 g/mol. The third-order valence-corrected chi connectivity index (χ3v) is 4.68. The molecule has 0 atom stereocenters. The van der Waals surface area contributed by atoms with E-state index in [1.165, 1.54) is 6.07 Å². The molecule has 0 aliphatic carbocycles. The first kappa shape index (κ1) is 19.0. The number of alkyl halides is 3. The van der Waals surface area contributed by atoms with E-state index in [0.29, 0.717) is 16.8 Å². The largest absolute Gasteiger partial charge is 0.433 e. The fraction of sp³-hybridized carbons (Fsp3) is 0.150. The number of halogens is 3. The minimum atomic E-state index is -4.64. The third kappa shape index (κ3) is 3.33. The molecule has 0 aliphatic heterocycles. The molecule has 5 rings (SSSR count). The zero-order valence-electron chi connectivity index (χ0n) is 16.3. The van der Waals surface area contributed by atoms with Crippen LogP contribution in [0.15, 0.2) is 53.1 Å². The first-order chi connectivity index (χ1) is 14.8. The summed E-state index contributed by atoms with van der Waals surface area (Å²) in [4.78, 5) is 4.35. The minimum Gasteiger partial charge on any atom is -0.414 e. The van der Waals surface area contributed by atoms with Crippen LogP contribution in [-0.4, -0.2) is 34.6 Å². The summed E-state index contributed by atoms with van der Waals surface area (Å²) < 4.78 is 49.2. The SMILES string of the molecule is Cc1nn(C)cc1-c1nnc(-c2cc3nc(-c4ccccc4)cc(C(F)(F)F)n3n2)o1. The van der Waals surface area contributed by atoms with Crippen molar-refractivity contribution in [2.75, 3.05) is 0 Å². The van der Waals surface area contributed by atoms with Crippen LogP contribution in [-0.2, 0) is 13.2 Å². The van der Waals surface area contributed by atoms with Gasteiger partial charge in [-0.2, -0.15) is 23.4 Å². The fourth-order valence-corrected chi connectivity index (χ4v) is 3.28. The number of fused-ring (bicyclic) bond motifs is 1. The second kappa shape index (κ2) is 6.76. The van der Waals surface area contributed by atoms with Crippen molar-refractivity contribution < 1.29 is 17.6 Å². The summed E-state index contributed by atoms with van der Waals surface area (Å²) in [5, 5.41) is 16.2. The molecule has 31 heavy (non-hydrogen) atoms. The summed E-state index contributed by atoms with van der Waals surface area (Å²) in [6.45, 7) is 1.79. The summed E-state index contributed by atoms with van der Waals surface area (Å²) in [5.74, 6) is 0.185. The Morgan fingerprint density at radius 1 is 0.935 bits per heavy atom. The zero-order chi connectivity index (χ0) is 21.8. The van der Waals surface area contributed by atoms with Crippen LogP contribution in [0.2, 0.25) is 0 Å². The molecule has 1 aromatic carbocycles. The first-order valence-corrected chi connectivity index (χ1v) is 9.17. The van der Waals surface area contributed by atoms with Crippen molar-refractivity contribution in [3.63, 3.8) is 0 Å². The molecule has 4 aromatic heterocycles. The van der Waals surface area contributed by atoms with Crippen LogP contribution in [0.5, 0.6) is 0 Å². The van der Waals surface area contributed by atoms with E-state index in [1.807, 2.05) is 0 Å². The lowest BCUT2D eigenvalue weighted by Crippen LogP contribution is -2.13. The highest BCUT2D eigenvalue weighted by Gasteiger charge is 2.35. The highest BCUT2D eigenvalue weighted by atomic mass is 19.4. The number of aryl methyl sites for hydroxylation is 2. The summed E-state index contributed by atoms with van der Waals surface area (Å²) >= 11 is 0. The average molecular weight is 425 g/mol. The van der Waals surface area contributed by atoms with E-state index in [0.717, 1.165) is 10.6 Å². The van der Waals surface area contributed by atoms with E-state index in [4.69, 9.17) is 4.42 Å². The van der Waals surface area contributed by atoms with E-state index in [-0.39, 0.29) is 28.8 Å². The molecule has 0 saturated heterocycles. The Morgan fingerprint density at radius 3 is 2.35 bits per heavy atom. The van der Waals surface area contributed by atoms with Gasteiger partial charge in [-0.25, -0.2) is 9.50 Å². The Hall–Kier alpha value is -4.02. The van der Waals surface area contributed by atoms with Gasteiger partial charge in [-0.15, -0.1) is 10.2 Å². The van der Waals surface area contributed by atoms with Crippen molar-refractivity contribution in [3.8, 4) is 34.3 Å². The number of aromatic nitrogens is 7. The van der Waals surface area contributed by atoms with Crippen molar-refractivity contribution >= 4 is 5.65 Å². The maximum absolute atomic E-state index is 13.7. The molecule has 0 N–H and O–H groups in total. The van der Waals surface area contributed by atoms with Crippen molar-refractivity contribution in [2.24, 2.45) is 7.05 Å². The molecule has 5 aromatic rings. The van der Waals surface area contributed by atoms with Crippen LogP contribution in [0.3, 0.4) is 0 Å². The maximum atomic E-state index is 13.7. The fourth-order valence-electron chi connectivity index (χ4n) is 3.28. The minimum absolute atomic E-state index is 0.0148. The number of nitrogens with zero attached hydrogens (tertiary/aromatic N) is 7. The topological polar surface area (TPSA) is 86.9 Å². The van der Waals surface area contributed by atoms with E-state index >= 15 is 0 Å². The maximum Gasteiger partial charge on any atom is 0.433 e. The molecular formula is C20H14F3N7O. The molecule has 0 bridgehead atoms. The second-order valence-electron chi connectivity index (χ2n) is 6.90. The van der Waals surface area contributed by atoms with Gasteiger partial charge in [0.05, 0.1) is 17.0 Å². The van der Waals surface area contributed by atoms with Gasteiger partial charge in [0.2, 0.25) is 0 Å². The molecule has 11 heteroatoms. The highest BCUT2D eigenvalue weighted by molar-refractivity contribution is 5.65. The summed E-state index contributed by atoms with van der Waals surface area (Å²) in [5.41, 5.74) is 1.20. The molecule has 4 heterocycles. The lowest BCUT2D eigenvalue weighted by atomic mass is 10.1. The standard InChI is InChI=1S/C20H14F3N7O/c1-11-13(10-29(2)27-11)18-25-26-19(31-18)15-9-17-24-14(12-6-4-3-5-7-12)8-16(20(21,22)23)30(17)28-15/h3-10H,1-2H3. The second-order valence-corrected chi connectivity index (χ2v) is 6.90. The van der Waals surface area contributed by atoms with Crippen LogP contribution in [0.4, 0.5) is 13.2 Å². The Kier molecular flexibility index (Phi) is 4.14. The van der Waals surface area contributed by atoms with E-state index in [2.05, 4.69) is 25.4 Å². The Morgan fingerprint density at radius 2 is 1.68 bits per heavy atom. The molecule has 0 radical (unpaired) electrons. The molecule has 8 nitrogen and oxygen atoms in total. The van der Waals surface area contributed by atoms with Crippen molar-refractivity contribution in [2.45, 2.75) is 13.1 Å². The lowest BCUT2D eigenvalue weighted by molar-refractivity contribution is -0.142. The van der Waals surface area contributed by atoms with Crippen molar-refractivity contribution in [1.29, 1.82) is 0 Å². The monoisotopic (exact) mass is 425 g/mol. The van der Waals surface area contributed by atoms with Gasteiger partial charge in [0, 0.05) is 24.9 Å². The van der Waals surface area contributed by atoms with Crippen LogP contribution in [0.1, 0.15) is 11.4 Å². The lowest BCUT2D eigenvalue weighted by Gasteiger charge is -2.10.